The molecule has 88 valence electrons. The van der Waals surface area contributed by atoms with Crippen LogP contribution in [0.4, 0.5) is 5.69 Å². The fourth-order valence-corrected chi connectivity index (χ4v) is 1.44. The molecule has 0 saturated heterocycles. The molecule has 1 aromatic carbocycles. The van der Waals surface area contributed by atoms with Crippen molar-refractivity contribution in [2.75, 3.05) is 25.9 Å². The molecule has 0 aliphatic rings. The average molecular weight is 287 g/mol. The highest BCUT2D eigenvalue weighted by atomic mass is 79.9. The van der Waals surface area contributed by atoms with Gasteiger partial charge in [0.25, 0.3) is 5.91 Å². The molecule has 0 radical (unpaired) electrons. The van der Waals surface area contributed by atoms with Crippen LogP contribution in [0.3, 0.4) is 0 Å². The number of halogens is 1. The summed E-state index contributed by atoms with van der Waals surface area (Å²) in [7, 11) is 1.74. The minimum absolute atomic E-state index is 0.0202. The van der Waals surface area contributed by atoms with E-state index in [1.54, 1.807) is 30.1 Å². The standard InChI is InChI=1S/C11H15BrN2O2/c1-3-14(2)10(15)7-16-9-6-4-5-8(13)11(9)12/h4-6H,3,7,13H2,1-2H3. The van der Waals surface area contributed by atoms with Gasteiger partial charge in [0.1, 0.15) is 5.75 Å². The Morgan fingerprint density at radius 3 is 2.88 bits per heavy atom. The van der Waals surface area contributed by atoms with Gasteiger partial charge in [0, 0.05) is 19.3 Å². The second-order valence-electron chi connectivity index (χ2n) is 3.36. The van der Waals surface area contributed by atoms with Crippen LogP contribution >= 0.6 is 15.9 Å². The third-order valence-corrected chi connectivity index (χ3v) is 3.09. The Bertz CT molecular complexity index is 382. The molecule has 0 unspecified atom stereocenters. The van der Waals surface area contributed by atoms with Crippen LogP contribution in [0.1, 0.15) is 6.92 Å². The molecule has 0 heterocycles. The highest BCUT2D eigenvalue weighted by molar-refractivity contribution is 9.10. The van der Waals surface area contributed by atoms with Crippen molar-refractivity contribution in [2.24, 2.45) is 0 Å². The highest BCUT2D eigenvalue weighted by Gasteiger charge is 2.09. The maximum atomic E-state index is 11.5. The van der Waals surface area contributed by atoms with Gasteiger partial charge in [0.05, 0.1) is 4.47 Å². The van der Waals surface area contributed by atoms with Crippen LogP contribution in [0.5, 0.6) is 5.75 Å². The van der Waals surface area contributed by atoms with Gasteiger partial charge in [-0.2, -0.15) is 0 Å². The highest BCUT2D eigenvalue weighted by Crippen LogP contribution is 2.30. The van der Waals surface area contributed by atoms with Crippen molar-refractivity contribution < 1.29 is 9.53 Å². The smallest absolute Gasteiger partial charge is 0.260 e. The van der Waals surface area contributed by atoms with Gasteiger partial charge in [-0.3, -0.25) is 4.79 Å². The monoisotopic (exact) mass is 286 g/mol. The second kappa shape index (κ2) is 5.75. The number of carbonyl (C=O) groups is 1. The molecule has 1 aromatic rings. The van der Waals surface area contributed by atoms with Crippen molar-refractivity contribution >= 4 is 27.5 Å². The van der Waals surface area contributed by atoms with Crippen LogP contribution < -0.4 is 10.5 Å². The number of carbonyl (C=O) groups excluding carboxylic acids is 1. The molecule has 4 nitrogen and oxygen atoms in total. The van der Waals surface area contributed by atoms with E-state index in [2.05, 4.69) is 15.9 Å². The first-order valence-corrected chi connectivity index (χ1v) is 5.76. The first-order valence-electron chi connectivity index (χ1n) is 4.97. The molecule has 0 aliphatic heterocycles. The fraction of sp³-hybridized carbons (Fsp3) is 0.364. The van der Waals surface area contributed by atoms with Gasteiger partial charge in [0.15, 0.2) is 6.61 Å². The summed E-state index contributed by atoms with van der Waals surface area (Å²) >= 11 is 3.31. The minimum Gasteiger partial charge on any atom is -0.483 e. The zero-order valence-electron chi connectivity index (χ0n) is 9.37. The third-order valence-electron chi connectivity index (χ3n) is 2.24. The lowest BCUT2D eigenvalue weighted by Gasteiger charge is -2.15. The van der Waals surface area contributed by atoms with E-state index in [1.165, 1.54) is 0 Å². The number of rotatable bonds is 4. The fourth-order valence-electron chi connectivity index (χ4n) is 1.07. The van der Waals surface area contributed by atoms with Crippen molar-refractivity contribution in [3.8, 4) is 5.75 Å². The number of hydrogen-bond acceptors (Lipinski definition) is 3. The van der Waals surface area contributed by atoms with Crippen LogP contribution in [0, 0.1) is 0 Å². The van der Waals surface area contributed by atoms with Gasteiger partial charge in [0.2, 0.25) is 0 Å². The normalized spacial score (nSPS) is 9.94. The Labute approximate surface area is 103 Å². The van der Waals surface area contributed by atoms with Crippen molar-refractivity contribution in [3.05, 3.63) is 22.7 Å². The van der Waals surface area contributed by atoms with Crippen molar-refractivity contribution in [1.82, 2.24) is 4.90 Å². The minimum atomic E-state index is -0.0585. The quantitative estimate of drug-likeness (QED) is 0.860. The van der Waals surface area contributed by atoms with Crippen molar-refractivity contribution in [3.63, 3.8) is 0 Å². The zero-order valence-corrected chi connectivity index (χ0v) is 11.0. The number of benzene rings is 1. The van der Waals surface area contributed by atoms with E-state index in [9.17, 15) is 4.79 Å². The Hall–Kier alpha value is -1.23. The summed E-state index contributed by atoms with van der Waals surface area (Å²) in [5.74, 6) is 0.523. The van der Waals surface area contributed by atoms with Crippen LogP contribution in [0.25, 0.3) is 0 Å². The third kappa shape index (κ3) is 3.13. The van der Waals surface area contributed by atoms with Gasteiger partial charge in [-0.05, 0) is 35.0 Å². The zero-order chi connectivity index (χ0) is 12.1. The number of nitrogens with zero attached hydrogens (tertiary/aromatic N) is 1. The first-order chi connectivity index (χ1) is 7.56. The second-order valence-corrected chi connectivity index (χ2v) is 4.15. The Balaban J connectivity index is 2.61. The summed E-state index contributed by atoms with van der Waals surface area (Å²) in [5, 5.41) is 0. The Morgan fingerprint density at radius 1 is 1.56 bits per heavy atom. The number of ether oxygens (including phenoxy) is 1. The topological polar surface area (TPSA) is 55.6 Å². The van der Waals surface area contributed by atoms with Crippen molar-refractivity contribution in [1.29, 1.82) is 0 Å². The average Bonchev–Trinajstić information content (AvgIpc) is 2.29. The summed E-state index contributed by atoms with van der Waals surface area (Å²) in [6, 6.07) is 5.31. The SMILES string of the molecule is CCN(C)C(=O)COc1cccc(N)c1Br. The van der Waals surface area contributed by atoms with Gasteiger partial charge < -0.3 is 15.4 Å². The number of nitrogen functional groups attached to an aromatic ring is 1. The Morgan fingerprint density at radius 2 is 2.25 bits per heavy atom. The van der Waals surface area contributed by atoms with E-state index in [-0.39, 0.29) is 12.5 Å². The Kier molecular flexibility index (Phi) is 4.61. The summed E-state index contributed by atoms with van der Waals surface area (Å²) in [6.07, 6.45) is 0. The molecule has 0 atom stereocenters. The lowest BCUT2D eigenvalue weighted by atomic mass is 10.3. The van der Waals surface area contributed by atoms with Crippen LogP contribution in [0.15, 0.2) is 22.7 Å². The number of hydrogen-bond donors (Lipinski definition) is 1. The number of amides is 1. The number of nitrogens with two attached hydrogens (primary N) is 1. The molecule has 0 bridgehead atoms. The molecule has 2 N–H and O–H groups in total. The summed E-state index contributed by atoms with van der Waals surface area (Å²) in [5.41, 5.74) is 6.28. The van der Waals surface area contributed by atoms with Gasteiger partial charge in [-0.25, -0.2) is 0 Å². The van der Waals surface area contributed by atoms with Crippen LogP contribution in [-0.2, 0) is 4.79 Å². The van der Waals surface area contributed by atoms with Gasteiger partial charge >= 0.3 is 0 Å². The van der Waals surface area contributed by atoms with E-state index in [4.69, 9.17) is 10.5 Å². The lowest BCUT2D eigenvalue weighted by molar-refractivity contribution is -0.131. The summed E-state index contributed by atoms with van der Waals surface area (Å²) < 4.78 is 6.07. The lowest BCUT2D eigenvalue weighted by Crippen LogP contribution is -2.31. The molecule has 0 spiro atoms. The maximum Gasteiger partial charge on any atom is 0.260 e. The van der Waals surface area contributed by atoms with E-state index in [0.717, 1.165) is 0 Å². The predicted octanol–water partition coefficient (Wildman–Crippen LogP) is 1.89. The van der Waals surface area contributed by atoms with Crippen LogP contribution in [-0.4, -0.2) is 31.0 Å². The van der Waals surface area contributed by atoms with E-state index in [0.29, 0.717) is 22.5 Å². The predicted molar refractivity (Wildman–Crippen MR) is 67.4 cm³/mol. The molecule has 5 heteroatoms. The largest absolute Gasteiger partial charge is 0.483 e. The number of likely N-dealkylation sites (N-methyl/N-ethyl adjacent to an activating group) is 1. The van der Waals surface area contributed by atoms with E-state index in [1.807, 2.05) is 6.92 Å². The molecule has 1 amide bonds. The summed E-state index contributed by atoms with van der Waals surface area (Å²) in [4.78, 5) is 13.1. The molecule has 16 heavy (non-hydrogen) atoms. The van der Waals surface area contributed by atoms with E-state index < -0.39 is 0 Å². The van der Waals surface area contributed by atoms with E-state index >= 15 is 0 Å². The molecule has 0 fully saturated rings. The molecular weight excluding hydrogens is 272 g/mol. The molecule has 0 aromatic heterocycles. The maximum absolute atomic E-state index is 11.5. The molecular formula is C11H15BrN2O2. The van der Waals surface area contributed by atoms with Crippen LogP contribution in [0.2, 0.25) is 0 Å². The van der Waals surface area contributed by atoms with Gasteiger partial charge in [-0.1, -0.05) is 6.07 Å². The number of anilines is 1. The first kappa shape index (κ1) is 12.8. The molecule has 0 saturated carbocycles. The molecule has 1 rings (SSSR count). The van der Waals surface area contributed by atoms with Crippen molar-refractivity contribution in [2.45, 2.75) is 6.92 Å². The van der Waals surface area contributed by atoms with Gasteiger partial charge in [-0.15, -0.1) is 0 Å². The summed E-state index contributed by atoms with van der Waals surface area (Å²) in [6.45, 7) is 2.60. The molecule has 0 aliphatic carbocycles.